The van der Waals surface area contributed by atoms with Crippen LogP contribution in [0.4, 0.5) is 11.5 Å². The predicted molar refractivity (Wildman–Crippen MR) is 119 cm³/mol. The molecule has 2 amide bonds. The Hall–Kier alpha value is -3.24. The molecule has 10 nitrogen and oxygen atoms in total. The molecule has 10 heteroatoms. The fourth-order valence-electron chi connectivity index (χ4n) is 3.63. The van der Waals surface area contributed by atoms with Gasteiger partial charge in [0.15, 0.2) is 23.0 Å². The lowest BCUT2D eigenvalue weighted by molar-refractivity contribution is -0.105. The van der Waals surface area contributed by atoms with E-state index < -0.39 is 5.91 Å². The monoisotopic (exact) mass is 440 g/mol. The zero-order valence-corrected chi connectivity index (χ0v) is 18.3. The molecular formula is C22H28N6O4. The summed E-state index contributed by atoms with van der Waals surface area (Å²) in [7, 11) is 4.07. The third kappa shape index (κ3) is 4.81. The number of hydrogen-bond donors (Lipinski definition) is 2. The molecule has 32 heavy (non-hydrogen) atoms. The van der Waals surface area contributed by atoms with Gasteiger partial charge in [-0.3, -0.25) is 19.4 Å². The maximum atomic E-state index is 13.1. The van der Waals surface area contributed by atoms with Crippen LogP contribution in [0.15, 0.2) is 30.6 Å². The number of ether oxygens (including phenoxy) is 2. The van der Waals surface area contributed by atoms with Gasteiger partial charge in [-0.15, -0.1) is 0 Å². The lowest BCUT2D eigenvalue weighted by atomic mass is 10.1. The van der Waals surface area contributed by atoms with E-state index in [-0.39, 0.29) is 17.5 Å². The van der Waals surface area contributed by atoms with Crippen LogP contribution in [0.25, 0.3) is 0 Å². The van der Waals surface area contributed by atoms with Crippen LogP contribution in [0.3, 0.4) is 0 Å². The van der Waals surface area contributed by atoms with Gasteiger partial charge >= 0.3 is 0 Å². The Morgan fingerprint density at radius 1 is 1.09 bits per heavy atom. The Morgan fingerprint density at radius 2 is 1.81 bits per heavy atom. The molecule has 4 rings (SSSR count). The number of likely N-dealkylation sites (N-methyl/N-ethyl adjacent to an activating group) is 2. The first-order chi connectivity index (χ1) is 15.6. The highest BCUT2D eigenvalue weighted by Crippen LogP contribution is 2.30. The smallest absolute Gasteiger partial charge is 0.279 e. The molecule has 4 heterocycles. The zero-order chi connectivity index (χ0) is 22.5. The summed E-state index contributed by atoms with van der Waals surface area (Å²) >= 11 is 0. The van der Waals surface area contributed by atoms with Gasteiger partial charge in [-0.05, 0) is 58.2 Å². The van der Waals surface area contributed by atoms with Crippen LogP contribution in [0.2, 0.25) is 0 Å². The Kier molecular flexibility index (Phi) is 6.81. The number of aromatic nitrogens is 2. The van der Waals surface area contributed by atoms with E-state index in [0.717, 1.165) is 25.9 Å². The van der Waals surface area contributed by atoms with Gasteiger partial charge in [0.2, 0.25) is 6.41 Å². The lowest BCUT2D eigenvalue weighted by Gasteiger charge is -2.37. The van der Waals surface area contributed by atoms with E-state index in [1.54, 1.807) is 24.4 Å². The Labute approximate surface area is 186 Å². The maximum absolute atomic E-state index is 13.1. The molecule has 0 saturated carbocycles. The first kappa shape index (κ1) is 22.0. The fraction of sp³-hybridized carbons (Fsp3) is 0.455. The summed E-state index contributed by atoms with van der Waals surface area (Å²) in [6.45, 7) is 2.97. The van der Waals surface area contributed by atoms with Crippen LogP contribution in [-0.2, 0) is 4.79 Å². The number of hydrogen-bond acceptors (Lipinski definition) is 8. The summed E-state index contributed by atoms with van der Waals surface area (Å²) in [5, 5.41) is 5.36. The number of rotatable bonds is 10. The molecule has 2 N–H and O–H groups in total. The number of amides is 2. The second-order valence-corrected chi connectivity index (χ2v) is 8.07. The molecule has 0 bridgehead atoms. The van der Waals surface area contributed by atoms with Crippen LogP contribution in [-0.4, -0.2) is 84.6 Å². The average Bonchev–Trinajstić information content (AvgIpc) is 2.79. The normalized spacial score (nSPS) is 20.6. The molecule has 0 aromatic carbocycles. The zero-order valence-electron chi connectivity index (χ0n) is 18.3. The van der Waals surface area contributed by atoms with Gasteiger partial charge in [-0.1, -0.05) is 0 Å². The molecule has 2 aliphatic heterocycles. The third-order valence-corrected chi connectivity index (χ3v) is 6.06. The Morgan fingerprint density at radius 3 is 2.44 bits per heavy atom. The molecule has 0 aliphatic carbocycles. The van der Waals surface area contributed by atoms with Gasteiger partial charge in [-0.2, -0.15) is 0 Å². The minimum absolute atomic E-state index is 0.0640. The third-order valence-electron chi connectivity index (χ3n) is 6.06. The topological polar surface area (TPSA) is 109 Å². The van der Waals surface area contributed by atoms with E-state index in [2.05, 4.69) is 37.4 Å². The number of nitrogens with one attached hydrogen (secondary N) is 2. The summed E-state index contributed by atoms with van der Waals surface area (Å²) < 4.78 is 11.9. The van der Waals surface area contributed by atoms with E-state index in [9.17, 15) is 9.59 Å². The number of carbonyl (C=O) groups is 2. The van der Waals surface area contributed by atoms with Gasteiger partial charge in [-0.25, -0.2) is 9.97 Å². The van der Waals surface area contributed by atoms with Gasteiger partial charge in [0, 0.05) is 24.5 Å². The summed E-state index contributed by atoms with van der Waals surface area (Å²) in [5.41, 5.74) is 0.446. The molecule has 2 saturated heterocycles. The van der Waals surface area contributed by atoms with E-state index >= 15 is 0 Å². The molecule has 170 valence electrons. The van der Waals surface area contributed by atoms with Crippen molar-refractivity contribution < 1.29 is 19.1 Å². The molecular weight excluding hydrogens is 412 g/mol. The van der Waals surface area contributed by atoms with Crippen molar-refractivity contribution in [3.63, 3.8) is 0 Å². The number of carbonyl (C=O) groups excluding carboxylic acids is 2. The standard InChI is InChI=1S/C22H28N6O4/c1-27-10-6-15(27)12-31-18-4-3-8-24-21(18)26-22(30)19-20(17(25-14-29)5-9-23-19)32-13-16-7-11-28(16)2/h3-5,8-9,14-16H,6-7,10-13H2,1-2H3,(H,23,25,29)(H,24,26,30)/t15-,16+/m1/s1. The van der Waals surface area contributed by atoms with Gasteiger partial charge < -0.3 is 20.1 Å². The molecule has 2 atom stereocenters. The van der Waals surface area contributed by atoms with Crippen LogP contribution < -0.4 is 20.1 Å². The number of likely N-dealkylation sites (tertiary alicyclic amines) is 2. The van der Waals surface area contributed by atoms with Crippen molar-refractivity contribution in [3.05, 3.63) is 36.3 Å². The number of pyridine rings is 2. The Bertz CT molecular complexity index is 971. The van der Waals surface area contributed by atoms with Crippen LogP contribution in [0, 0.1) is 0 Å². The molecule has 0 unspecified atom stereocenters. The highest BCUT2D eigenvalue weighted by molar-refractivity contribution is 6.06. The van der Waals surface area contributed by atoms with Gasteiger partial charge in [0.25, 0.3) is 5.91 Å². The molecule has 2 aromatic rings. The average molecular weight is 441 g/mol. The lowest BCUT2D eigenvalue weighted by Crippen LogP contribution is -2.48. The van der Waals surface area contributed by atoms with Crippen molar-refractivity contribution in [2.75, 3.05) is 51.0 Å². The summed E-state index contributed by atoms with van der Waals surface area (Å²) in [6, 6.07) is 5.73. The van der Waals surface area contributed by atoms with Gasteiger partial charge in [0.1, 0.15) is 13.2 Å². The Balaban J connectivity index is 1.50. The fourth-order valence-corrected chi connectivity index (χ4v) is 3.63. The first-order valence-corrected chi connectivity index (χ1v) is 10.7. The van der Waals surface area contributed by atoms with Crippen molar-refractivity contribution in [1.29, 1.82) is 0 Å². The molecule has 2 aromatic heterocycles. The van der Waals surface area contributed by atoms with Crippen LogP contribution >= 0.6 is 0 Å². The highest BCUT2D eigenvalue weighted by Gasteiger charge is 2.28. The number of nitrogens with zero attached hydrogens (tertiary/aromatic N) is 4. The second kappa shape index (κ2) is 9.92. The predicted octanol–water partition coefficient (Wildman–Crippen LogP) is 1.46. The molecule has 0 radical (unpaired) electrons. The summed E-state index contributed by atoms with van der Waals surface area (Å²) in [5.74, 6) is 0.523. The molecule has 2 aliphatic rings. The van der Waals surface area contributed by atoms with Crippen molar-refractivity contribution in [3.8, 4) is 11.5 Å². The largest absolute Gasteiger partial charge is 0.488 e. The SMILES string of the molecule is CN1CC[C@@H]1COc1cccnc1NC(=O)c1nccc(NC=O)c1OC[C@@H]1CCN1C. The molecule has 0 spiro atoms. The number of anilines is 2. The van der Waals surface area contributed by atoms with E-state index in [4.69, 9.17) is 9.47 Å². The van der Waals surface area contributed by atoms with Crippen LogP contribution in [0.5, 0.6) is 11.5 Å². The van der Waals surface area contributed by atoms with Crippen molar-refractivity contribution >= 4 is 23.8 Å². The highest BCUT2D eigenvalue weighted by atomic mass is 16.5. The maximum Gasteiger partial charge on any atom is 0.279 e. The van der Waals surface area contributed by atoms with Crippen molar-refractivity contribution in [1.82, 2.24) is 19.8 Å². The van der Waals surface area contributed by atoms with E-state index in [0.29, 0.717) is 42.9 Å². The summed E-state index contributed by atoms with van der Waals surface area (Å²) in [6.07, 6.45) is 5.67. The van der Waals surface area contributed by atoms with Crippen LogP contribution in [0.1, 0.15) is 23.3 Å². The molecule has 2 fully saturated rings. The second-order valence-electron chi connectivity index (χ2n) is 8.07. The van der Waals surface area contributed by atoms with Crippen molar-refractivity contribution in [2.45, 2.75) is 24.9 Å². The minimum atomic E-state index is -0.499. The van der Waals surface area contributed by atoms with E-state index in [1.165, 1.54) is 6.20 Å². The first-order valence-electron chi connectivity index (χ1n) is 10.7. The van der Waals surface area contributed by atoms with E-state index in [1.807, 2.05) is 7.05 Å². The summed E-state index contributed by atoms with van der Waals surface area (Å²) in [4.78, 5) is 37.0. The van der Waals surface area contributed by atoms with Gasteiger partial charge in [0.05, 0.1) is 5.69 Å². The quantitative estimate of drug-likeness (QED) is 0.535. The van der Waals surface area contributed by atoms with Crippen molar-refractivity contribution in [2.24, 2.45) is 0 Å². The minimum Gasteiger partial charge on any atom is -0.488 e.